The number of hydrogen-bond donors (Lipinski definition) is 0. The molecule has 0 fully saturated rings. The highest BCUT2D eigenvalue weighted by atomic mass is 32.1. The molecule has 0 radical (unpaired) electrons. The molecule has 2 aromatic carbocycles. The van der Waals surface area contributed by atoms with Crippen molar-refractivity contribution in [3.05, 3.63) is 66.1 Å². The van der Waals surface area contributed by atoms with Crippen molar-refractivity contribution in [1.29, 1.82) is 0 Å². The van der Waals surface area contributed by atoms with E-state index in [9.17, 15) is 4.79 Å². The Labute approximate surface area is 171 Å². The average Bonchev–Trinajstić information content (AvgIpc) is 3.19. The van der Waals surface area contributed by atoms with Gasteiger partial charge >= 0.3 is 5.91 Å². The van der Waals surface area contributed by atoms with Crippen LogP contribution in [0, 0.1) is 0 Å². The van der Waals surface area contributed by atoms with Gasteiger partial charge in [-0.1, -0.05) is 23.5 Å². The normalized spacial score (nSPS) is 13.6. The van der Waals surface area contributed by atoms with Crippen molar-refractivity contribution in [3.8, 4) is 5.75 Å². The summed E-state index contributed by atoms with van der Waals surface area (Å²) in [6, 6.07) is 15.1. The molecule has 2 heterocycles. The second kappa shape index (κ2) is 8.74. The highest BCUT2D eigenvalue weighted by Gasteiger charge is 2.26. The minimum Gasteiger partial charge on any atom is -0.494 e. The van der Waals surface area contributed by atoms with Gasteiger partial charge in [0.25, 0.3) is 0 Å². The fourth-order valence-corrected chi connectivity index (χ4v) is 3.59. The molecular weight excluding hydrogens is 390 g/mol. The van der Waals surface area contributed by atoms with Crippen molar-refractivity contribution in [1.82, 2.24) is 4.98 Å². The number of nitrogens with zero attached hydrogens (tertiary/aromatic N) is 3. The molecule has 0 saturated carbocycles. The molecule has 7 nitrogen and oxygen atoms in total. The maximum absolute atomic E-state index is 13.0. The first-order valence-corrected chi connectivity index (χ1v) is 9.97. The van der Waals surface area contributed by atoms with E-state index in [-0.39, 0.29) is 5.76 Å². The van der Waals surface area contributed by atoms with Gasteiger partial charge in [0.05, 0.1) is 23.0 Å². The summed E-state index contributed by atoms with van der Waals surface area (Å²) in [6.07, 6.45) is 2.92. The molecule has 1 aromatic heterocycles. The molecule has 1 aliphatic rings. The molecule has 1 aliphatic heterocycles. The van der Waals surface area contributed by atoms with Crippen LogP contribution in [0.4, 0.5) is 5.13 Å². The van der Waals surface area contributed by atoms with Crippen molar-refractivity contribution in [2.24, 2.45) is 5.10 Å². The number of fused-ring (bicyclic) bond motifs is 1. The van der Waals surface area contributed by atoms with E-state index in [1.54, 1.807) is 6.21 Å². The van der Waals surface area contributed by atoms with Crippen LogP contribution >= 0.6 is 11.3 Å². The molecule has 8 heteroatoms. The first-order valence-electron chi connectivity index (χ1n) is 9.16. The second-order valence-electron chi connectivity index (χ2n) is 6.03. The van der Waals surface area contributed by atoms with E-state index >= 15 is 0 Å². The third-order valence-electron chi connectivity index (χ3n) is 4.03. The molecule has 0 saturated heterocycles. The summed E-state index contributed by atoms with van der Waals surface area (Å²) in [5.41, 5.74) is 1.62. The lowest BCUT2D eigenvalue weighted by Gasteiger charge is -2.19. The van der Waals surface area contributed by atoms with Gasteiger partial charge in [0.2, 0.25) is 10.9 Å². The van der Waals surface area contributed by atoms with E-state index < -0.39 is 5.91 Å². The third kappa shape index (κ3) is 4.38. The molecule has 1 amide bonds. The van der Waals surface area contributed by atoms with Crippen molar-refractivity contribution < 1.29 is 19.0 Å². The molecule has 29 heavy (non-hydrogen) atoms. The van der Waals surface area contributed by atoms with Crippen LogP contribution in [0.15, 0.2) is 65.7 Å². The Morgan fingerprint density at radius 1 is 1.24 bits per heavy atom. The summed E-state index contributed by atoms with van der Waals surface area (Å²) in [5.74, 6) is 0.437. The first kappa shape index (κ1) is 18.9. The lowest BCUT2D eigenvalue weighted by molar-refractivity contribution is -0.119. The summed E-state index contributed by atoms with van der Waals surface area (Å²) < 4.78 is 17.1. The Morgan fingerprint density at radius 2 is 2.07 bits per heavy atom. The minimum absolute atomic E-state index is 0.0966. The van der Waals surface area contributed by atoms with Crippen LogP contribution in [-0.4, -0.2) is 36.9 Å². The van der Waals surface area contributed by atoms with Crippen LogP contribution in [0.5, 0.6) is 5.75 Å². The van der Waals surface area contributed by atoms with Gasteiger partial charge in [0.15, 0.2) is 0 Å². The van der Waals surface area contributed by atoms with Crippen LogP contribution in [0.1, 0.15) is 12.5 Å². The Kier molecular flexibility index (Phi) is 5.71. The second-order valence-corrected chi connectivity index (χ2v) is 7.04. The van der Waals surface area contributed by atoms with Crippen molar-refractivity contribution in [3.63, 3.8) is 0 Å². The quantitative estimate of drug-likeness (QED) is 0.455. The van der Waals surface area contributed by atoms with Gasteiger partial charge in [-0.05, 0) is 48.9 Å². The van der Waals surface area contributed by atoms with Crippen molar-refractivity contribution >= 4 is 38.8 Å². The van der Waals surface area contributed by atoms with Gasteiger partial charge < -0.3 is 14.2 Å². The molecule has 0 bridgehead atoms. The van der Waals surface area contributed by atoms with Gasteiger partial charge in [-0.3, -0.25) is 4.79 Å². The number of hydrazone groups is 1. The number of amides is 1. The highest BCUT2D eigenvalue weighted by Crippen LogP contribution is 2.30. The predicted octanol–water partition coefficient (Wildman–Crippen LogP) is 3.95. The standard InChI is InChI=1S/C21H19N3O4S/c1-2-27-16-9-7-15(8-10-16)13-22-24(20(25)18-14-26-11-12-28-18)21-23-17-5-3-4-6-19(17)29-21/h3-10,13-14H,2,11-12H2,1H3/b22-13-. The molecule has 0 aliphatic carbocycles. The lowest BCUT2D eigenvalue weighted by atomic mass is 10.2. The number of hydrogen-bond acceptors (Lipinski definition) is 7. The number of benzene rings is 2. The minimum atomic E-state index is -0.439. The third-order valence-corrected chi connectivity index (χ3v) is 5.04. The molecule has 0 N–H and O–H groups in total. The zero-order valence-corrected chi connectivity index (χ0v) is 16.6. The Balaban J connectivity index is 1.65. The van der Waals surface area contributed by atoms with Gasteiger partial charge in [0.1, 0.15) is 25.2 Å². The molecule has 148 valence electrons. The number of carbonyl (C=O) groups excluding carboxylic acids is 1. The SMILES string of the molecule is CCOc1ccc(/C=N\N(C(=O)C2=COCCO2)c2nc3ccccc3s2)cc1. The number of para-hydroxylation sites is 1. The van der Waals surface area contributed by atoms with E-state index in [0.717, 1.165) is 21.5 Å². The zero-order valence-electron chi connectivity index (χ0n) is 15.8. The lowest BCUT2D eigenvalue weighted by Crippen LogP contribution is -2.30. The van der Waals surface area contributed by atoms with Crippen LogP contribution < -0.4 is 9.75 Å². The van der Waals surface area contributed by atoms with E-state index in [1.165, 1.54) is 22.6 Å². The number of carbonyl (C=O) groups is 1. The molecule has 0 unspecified atom stereocenters. The van der Waals surface area contributed by atoms with Gasteiger partial charge in [-0.15, -0.1) is 0 Å². The Hall–Kier alpha value is -3.39. The van der Waals surface area contributed by atoms with Gasteiger partial charge in [0, 0.05) is 0 Å². The maximum atomic E-state index is 13.0. The number of thiazole rings is 1. The highest BCUT2D eigenvalue weighted by molar-refractivity contribution is 7.22. The summed E-state index contributed by atoms with van der Waals surface area (Å²) in [5, 5.41) is 6.09. The van der Waals surface area contributed by atoms with Crippen LogP contribution in [-0.2, 0) is 14.3 Å². The van der Waals surface area contributed by atoms with E-state index in [4.69, 9.17) is 14.2 Å². The number of ether oxygens (including phenoxy) is 3. The van der Waals surface area contributed by atoms with Gasteiger partial charge in [-0.2, -0.15) is 10.1 Å². The molecule has 4 rings (SSSR count). The zero-order chi connectivity index (χ0) is 20.1. The van der Waals surface area contributed by atoms with Crippen LogP contribution in [0.25, 0.3) is 10.2 Å². The van der Waals surface area contributed by atoms with Crippen LogP contribution in [0.2, 0.25) is 0 Å². The average molecular weight is 409 g/mol. The fourth-order valence-electron chi connectivity index (χ4n) is 2.67. The predicted molar refractivity (Wildman–Crippen MR) is 112 cm³/mol. The van der Waals surface area contributed by atoms with Gasteiger partial charge in [-0.25, -0.2) is 4.98 Å². The Morgan fingerprint density at radius 3 is 2.79 bits per heavy atom. The number of aromatic nitrogens is 1. The topological polar surface area (TPSA) is 73.2 Å². The Bertz CT molecular complexity index is 1030. The summed E-state index contributed by atoms with van der Waals surface area (Å²) >= 11 is 1.38. The molecular formula is C21H19N3O4S. The molecule has 3 aromatic rings. The smallest absolute Gasteiger partial charge is 0.319 e. The van der Waals surface area contributed by atoms with E-state index in [1.807, 2.05) is 55.5 Å². The monoisotopic (exact) mass is 409 g/mol. The number of anilines is 1. The summed E-state index contributed by atoms with van der Waals surface area (Å²) in [4.78, 5) is 17.6. The van der Waals surface area contributed by atoms with Crippen molar-refractivity contribution in [2.45, 2.75) is 6.92 Å². The van der Waals surface area contributed by atoms with Crippen LogP contribution in [0.3, 0.4) is 0 Å². The summed E-state index contributed by atoms with van der Waals surface area (Å²) in [7, 11) is 0. The number of rotatable bonds is 6. The van der Waals surface area contributed by atoms with E-state index in [0.29, 0.717) is 25.0 Å². The van der Waals surface area contributed by atoms with Crippen molar-refractivity contribution in [2.75, 3.05) is 24.8 Å². The van der Waals surface area contributed by atoms with E-state index in [2.05, 4.69) is 10.1 Å². The fraction of sp³-hybridized carbons (Fsp3) is 0.190. The molecule has 0 atom stereocenters. The summed E-state index contributed by atoms with van der Waals surface area (Å²) in [6.45, 7) is 3.26. The largest absolute Gasteiger partial charge is 0.494 e. The first-order chi connectivity index (χ1) is 14.2. The molecule has 0 spiro atoms. The maximum Gasteiger partial charge on any atom is 0.319 e.